The fourth-order valence-corrected chi connectivity index (χ4v) is 3.73. The average Bonchev–Trinajstić information content (AvgIpc) is 3.43. The number of hydrogen-bond donors (Lipinski definition) is 1. The van der Waals surface area contributed by atoms with E-state index in [-0.39, 0.29) is 12.5 Å². The molecule has 0 bridgehead atoms. The lowest BCUT2D eigenvalue weighted by molar-refractivity contribution is -0.117. The molecule has 4 rings (SSSR count). The van der Waals surface area contributed by atoms with Crippen molar-refractivity contribution in [1.82, 2.24) is 24.5 Å². The van der Waals surface area contributed by atoms with Crippen molar-refractivity contribution >= 4 is 11.7 Å². The number of rotatable bonds is 6. The summed E-state index contributed by atoms with van der Waals surface area (Å²) in [5.74, 6) is 1.16. The van der Waals surface area contributed by atoms with E-state index in [1.54, 1.807) is 24.2 Å². The van der Waals surface area contributed by atoms with E-state index in [9.17, 15) is 4.79 Å². The Labute approximate surface area is 163 Å². The summed E-state index contributed by atoms with van der Waals surface area (Å²) in [7, 11) is 1.58. The zero-order valence-corrected chi connectivity index (χ0v) is 16.1. The van der Waals surface area contributed by atoms with Crippen LogP contribution in [0.5, 0.6) is 5.88 Å². The summed E-state index contributed by atoms with van der Waals surface area (Å²) < 4.78 is 8.88. The molecule has 1 aliphatic carbocycles. The van der Waals surface area contributed by atoms with Gasteiger partial charge in [-0.1, -0.05) is 12.8 Å². The van der Waals surface area contributed by atoms with Gasteiger partial charge in [0.1, 0.15) is 12.4 Å². The molecule has 0 aliphatic heterocycles. The van der Waals surface area contributed by atoms with Gasteiger partial charge in [0.25, 0.3) is 0 Å². The van der Waals surface area contributed by atoms with Crippen LogP contribution in [0.25, 0.3) is 11.1 Å². The Kier molecular flexibility index (Phi) is 5.10. The fraction of sp³-hybridized carbons (Fsp3) is 0.400. The quantitative estimate of drug-likeness (QED) is 0.709. The molecular weight excluding hydrogens is 356 g/mol. The fourth-order valence-electron chi connectivity index (χ4n) is 3.73. The van der Waals surface area contributed by atoms with Gasteiger partial charge in [-0.3, -0.25) is 9.48 Å². The Bertz CT molecular complexity index is 971. The van der Waals surface area contributed by atoms with E-state index in [1.807, 2.05) is 36.0 Å². The van der Waals surface area contributed by atoms with Crippen LogP contribution >= 0.6 is 0 Å². The molecule has 0 aromatic carbocycles. The van der Waals surface area contributed by atoms with E-state index in [0.717, 1.165) is 35.5 Å². The number of nitrogens with one attached hydrogen (secondary N) is 1. The third-order valence-corrected chi connectivity index (χ3v) is 5.01. The van der Waals surface area contributed by atoms with Crippen molar-refractivity contribution in [3.8, 4) is 17.0 Å². The van der Waals surface area contributed by atoms with Crippen molar-refractivity contribution in [2.24, 2.45) is 0 Å². The minimum atomic E-state index is -0.132. The van der Waals surface area contributed by atoms with Crippen molar-refractivity contribution in [3.05, 3.63) is 42.5 Å². The molecule has 0 radical (unpaired) electrons. The van der Waals surface area contributed by atoms with Crippen molar-refractivity contribution in [3.63, 3.8) is 0 Å². The van der Waals surface area contributed by atoms with Crippen molar-refractivity contribution in [1.29, 1.82) is 0 Å². The Hall–Kier alpha value is -3.16. The molecule has 0 unspecified atom stereocenters. The Morgan fingerprint density at radius 1 is 1.36 bits per heavy atom. The monoisotopic (exact) mass is 380 g/mol. The molecule has 1 fully saturated rings. The molecule has 1 saturated carbocycles. The van der Waals surface area contributed by atoms with Gasteiger partial charge in [0.2, 0.25) is 11.8 Å². The largest absolute Gasteiger partial charge is 0.481 e. The van der Waals surface area contributed by atoms with Gasteiger partial charge in [0.05, 0.1) is 25.0 Å². The number of anilines is 1. The highest BCUT2D eigenvalue weighted by Gasteiger charge is 2.21. The van der Waals surface area contributed by atoms with Gasteiger partial charge in [-0.2, -0.15) is 10.2 Å². The highest BCUT2D eigenvalue weighted by molar-refractivity contribution is 5.89. The van der Waals surface area contributed by atoms with Crippen LogP contribution in [0.15, 0.2) is 36.8 Å². The molecule has 1 amide bonds. The molecule has 0 saturated heterocycles. The van der Waals surface area contributed by atoms with Gasteiger partial charge in [-0.15, -0.1) is 0 Å². The molecular formula is C20H24N6O2. The maximum Gasteiger partial charge on any atom is 0.247 e. The molecule has 146 valence electrons. The number of ether oxygens (including phenoxy) is 1. The second kappa shape index (κ2) is 7.84. The van der Waals surface area contributed by atoms with Crippen LogP contribution in [0, 0.1) is 6.92 Å². The number of pyridine rings is 1. The number of nitrogens with zero attached hydrogens (tertiary/aromatic N) is 5. The van der Waals surface area contributed by atoms with Gasteiger partial charge in [0.15, 0.2) is 0 Å². The van der Waals surface area contributed by atoms with Crippen LogP contribution in [0.2, 0.25) is 0 Å². The SMILES string of the molecule is COc1ncccc1-c1cnn(CC(=O)Nc2cc(C)nn2C2CCCC2)c1. The lowest BCUT2D eigenvalue weighted by Gasteiger charge is -2.14. The molecule has 0 spiro atoms. The molecule has 1 N–H and O–H groups in total. The standard InChI is InChI=1S/C20H24N6O2/c1-14-10-18(26(24-14)16-6-3-4-7-16)23-19(27)13-25-12-15(11-22-25)17-8-5-9-21-20(17)28-2/h5,8-12,16H,3-4,6-7,13H2,1-2H3,(H,23,27). The molecule has 28 heavy (non-hydrogen) atoms. The lowest BCUT2D eigenvalue weighted by Crippen LogP contribution is -2.22. The highest BCUT2D eigenvalue weighted by atomic mass is 16.5. The Morgan fingerprint density at radius 3 is 2.96 bits per heavy atom. The highest BCUT2D eigenvalue weighted by Crippen LogP contribution is 2.32. The second-order valence-electron chi connectivity index (χ2n) is 7.09. The van der Waals surface area contributed by atoms with Gasteiger partial charge in [-0.05, 0) is 31.9 Å². The topological polar surface area (TPSA) is 86.9 Å². The van der Waals surface area contributed by atoms with Crippen molar-refractivity contribution < 1.29 is 9.53 Å². The summed E-state index contributed by atoms with van der Waals surface area (Å²) in [5.41, 5.74) is 2.60. The summed E-state index contributed by atoms with van der Waals surface area (Å²) in [4.78, 5) is 16.8. The third kappa shape index (κ3) is 3.76. The van der Waals surface area contributed by atoms with Gasteiger partial charge >= 0.3 is 0 Å². The van der Waals surface area contributed by atoms with Crippen LogP contribution < -0.4 is 10.1 Å². The molecule has 3 aromatic heterocycles. The minimum Gasteiger partial charge on any atom is -0.481 e. The van der Waals surface area contributed by atoms with E-state index in [2.05, 4.69) is 20.5 Å². The van der Waals surface area contributed by atoms with Crippen LogP contribution in [-0.4, -0.2) is 37.6 Å². The number of aryl methyl sites for hydroxylation is 1. The number of methoxy groups -OCH3 is 1. The molecule has 3 aromatic rings. The van der Waals surface area contributed by atoms with Crippen molar-refractivity contribution in [2.75, 3.05) is 12.4 Å². The summed E-state index contributed by atoms with van der Waals surface area (Å²) in [5, 5.41) is 11.9. The van der Waals surface area contributed by atoms with Gasteiger partial charge in [-0.25, -0.2) is 9.67 Å². The van der Waals surface area contributed by atoms with Gasteiger partial charge < -0.3 is 10.1 Å². The van der Waals surface area contributed by atoms with Gasteiger partial charge in [0, 0.05) is 29.6 Å². The molecule has 8 heteroatoms. The number of hydrogen-bond acceptors (Lipinski definition) is 5. The average molecular weight is 380 g/mol. The summed E-state index contributed by atoms with van der Waals surface area (Å²) in [6.45, 7) is 2.07. The predicted molar refractivity (Wildman–Crippen MR) is 105 cm³/mol. The summed E-state index contributed by atoms with van der Waals surface area (Å²) >= 11 is 0. The predicted octanol–water partition coefficient (Wildman–Crippen LogP) is 3.21. The number of carbonyl (C=O) groups excluding carboxylic acids is 1. The minimum absolute atomic E-state index is 0.122. The second-order valence-corrected chi connectivity index (χ2v) is 7.09. The first kappa shape index (κ1) is 18.2. The van der Waals surface area contributed by atoms with Crippen LogP contribution in [-0.2, 0) is 11.3 Å². The van der Waals surface area contributed by atoms with Crippen LogP contribution in [0.3, 0.4) is 0 Å². The Morgan fingerprint density at radius 2 is 2.18 bits per heavy atom. The Balaban J connectivity index is 1.46. The summed E-state index contributed by atoms with van der Waals surface area (Å²) in [6, 6.07) is 6.05. The van der Waals surface area contributed by atoms with Crippen LogP contribution in [0.1, 0.15) is 37.4 Å². The number of aromatic nitrogens is 5. The zero-order valence-electron chi connectivity index (χ0n) is 16.1. The normalized spacial score (nSPS) is 14.4. The van der Waals surface area contributed by atoms with Crippen molar-refractivity contribution in [2.45, 2.75) is 45.2 Å². The molecule has 1 aliphatic rings. The van der Waals surface area contributed by atoms with E-state index >= 15 is 0 Å². The zero-order chi connectivity index (χ0) is 19.5. The molecule has 0 atom stereocenters. The van der Waals surface area contributed by atoms with E-state index in [4.69, 9.17) is 4.74 Å². The lowest BCUT2D eigenvalue weighted by atomic mass is 10.1. The molecule has 3 heterocycles. The maximum absolute atomic E-state index is 12.6. The van der Waals surface area contributed by atoms with Crippen LogP contribution in [0.4, 0.5) is 5.82 Å². The first-order valence-electron chi connectivity index (χ1n) is 9.52. The smallest absolute Gasteiger partial charge is 0.247 e. The van der Waals surface area contributed by atoms with E-state index in [1.165, 1.54) is 12.8 Å². The first-order valence-corrected chi connectivity index (χ1v) is 9.52. The molecule has 8 nitrogen and oxygen atoms in total. The first-order chi connectivity index (χ1) is 13.6. The van der Waals surface area contributed by atoms with E-state index in [0.29, 0.717) is 11.9 Å². The maximum atomic E-state index is 12.6. The number of amides is 1. The third-order valence-electron chi connectivity index (χ3n) is 5.01. The summed E-state index contributed by atoms with van der Waals surface area (Å²) in [6.07, 6.45) is 9.85. The number of carbonyl (C=O) groups is 1. The van der Waals surface area contributed by atoms with E-state index < -0.39 is 0 Å².